The summed E-state index contributed by atoms with van der Waals surface area (Å²) in [6.07, 6.45) is -7.87. The average Bonchev–Trinajstić information content (AvgIpc) is 3.17. The summed E-state index contributed by atoms with van der Waals surface area (Å²) >= 11 is 4.61. The summed E-state index contributed by atoms with van der Waals surface area (Å²) in [5, 5.41) is 2.41. The van der Waals surface area contributed by atoms with Crippen LogP contribution in [-0.2, 0) is 9.47 Å². The molecular formula is C16H15F4N3O4S. The van der Waals surface area contributed by atoms with Crippen LogP contribution in [0.3, 0.4) is 0 Å². The van der Waals surface area contributed by atoms with Crippen LogP contribution in [0.1, 0.15) is 6.42 Å². The normalized spacial score (nSPS) is 19.6. The van der Waals surface area contributed by atoms with Crippen LogP contribution in [0, 0.1) is 5.82 Å². The molecule has 2 aliphatic rings. The molecule has 0 saturated carbocycles. The van der Waals surface area contributed by atoms with Crippen LogP contribution < -0.4 is 15.1 Å². The van der Waals surface area contributed by atoms with Crippen LogP contribution in [0.15, 0.2) is 18.2 Å². The Kier molecular flexibility index (Phi) is 5.59. The van der Waals surface area contributed by atoms with Crippen LogP contribution in [0.2, 0.25) is 0 Å². The fourth-order valence-corrected chi connectivity index (χ4v) is 3.05. The van der Waals surface area contributed by atoms with Gasteiger partial charge in [0.25, 0.3) is 0 Å². The third kappa shape index (κ3) is 4.61. The molecule has 0 radical (unpaired) electrons. The molecule has 2 saturated heterocycles. The quantitative estimate of drug-likeness (QED) is 0.582. The highest BCUT2D eigenvalue weighted by Crippen LogP contribution is 2.29. The maximum atomic E-state index is 14.4. The van der Waals surface area contributed by atoms with Gasteiger partial charge in [0.1, 0.15) is 18.5 Å². The van der Waals surface area contributed by atoms with Crippen molar-refractivity contribution in [3.8, 4) is 0 Å². The zero-order valence-electron chi connectivity index (χ0n) is 14.3. The van der Waals surface area contributed by atoms with Crippen molar-refractivity contribution >= 4 is 40.8 Å². The standard InChI is InChI=1S/C16H15F4N3O4S/c17-11-5-9(1-2-12(11)22-3-4-26-14(22)24)23-8-10(27-15(23)25)7-21-13(28)6-16(18,19)20/h1-2,5,10H,3-4,6-8H2,(H,21,28)/t10-/m0/s1. The minimum atomic E-state index is -4.43. The van der Waals surface area contributed by atoms with Gasteiger partial charge in [-0.25, -0.2) is 14.0 Å². The number of ether oxygens (including phenoxy) is 2. The summed E-state index contributed by atoms with van der Waals surface area (Å²) in [6, 6.07) is 3.86. The second-order valence-corrected chi connectivity index (χ2v) is 6.61. The van der Waals surface area contributed by atoms with Crippen LogP contribution in [-0.4, -0.2) is 55.7 Å². The fourth-order valence-electron chi connectivity index (χ4n) is 2.81. The van der Waals surface area contributed by atoms with Crippen molar-refractivity contribution in [3.63, 3.8) is 0 Å². The zero-order valence-corrected chi connectivity index (χ0v) is 15.1. The molecular weight excluding hydrogens is 406 g/mol. The lowest BCUT2D eigenvalue weighted by Gasteiger charge is -2.17. The van der Waals surface area contributed by atoms with Crippen molar-refractivity contribution in [1.82, 2.24) is 5.32 Å². The first-order valence-electron chi connectivity index (χ1n) is 8.19. The second kappa shape index (κ2) is 7.78. The topological polar surface area (TPSA) is 71.1 Å². The summed E-state index contributed by atoms with van der Waals surface area (Å²) < 4.78 is 61.0. The van der Waals surface area contributed by atoms with E-state index in [4.69, 9.17) is 9.47 Å². The third-order valence-corrected chi connectivity index (χ3v) is 4.35. The van der Waals surface area contributed by atoms with Gasteiger partial charge in [-0.1, -0.05) is 12.2 Å². The molecule has 0 unspecified atom stereocenters. The Balaban J connectivity index is 1.61. The van der Waals surface area contributed by atoms with Gasteiger partial charge in [-0.2, -0.15) is 13.2 Å². The van der Waals surface area contributed by atoms with Crippen LogP contribution >= 0.6 is 12.2 Å². The molecule has 152 valence electrons. The SMILES string of the molecule is O=C1O[C@@H](CNC(=S)CC(F)(F)F)CN1c1ccc(N2CCOC2=O)c(F)c1. The van der Waals surface area contributed by atoms with Crippen molar-refractivity contribution in [2.24, 2.45) is 0 Å². The number of hydrogen-bond donors (Lipinski definition) is 1. The van der Waals surface area contributed by atoms with Crippen LogP contribution in [0.4, 0.5) is 38.5 Å². The lowest BCUT2D eigenvalue weighted by molar-refractivity contribution is -0.121. The Bertz CT molecular complexity index is 805. The van der Waals surface area contributed by atoms with Crippen molar-refractivity contribution in [2.75, 3.05) is 36.0 Å². The lowest BCUT2D eigenvalue weighted by Crippen LogP contribution is -2.35. The molecule has 1 N–H and O–H groups in total. The van der Waals surface area contributed by atoms with E-state index in [1.54, 1.807) is 0 Å². The Morgan fingerprint density at radius 3 is 2.61 bits per heavy atom. The number of alkyl halides is 3. The summed E-state index contributed by atoms with van der Waals surface area (Å²) in [6.45, 7) is 0.276. The molecule has 2 aliphatic heterocycles. The number of cyclic esters (lactones) is 2. The van der Waals surface area contributed by atoms with Gasteiger partial charge in [0.05, 0.1) is 42.4 Å². The van der Waals surface area contributed by atoms with E-state index in [9.17, 15) is 27.2 Å². The molecule has 7 nitrogen and oxygen atoms in total. The average molecular weight is 421 g/mol. The van der Waals surface area contributed by atoms with Gasteiger partial charge in [-0.15, -0.1) is 0 Å². The smallest absolute Gasteiger partial charge is 0.414 e. The molecule has 0 aliphatic carbocycles. The summed E-state index contributed by atoms with van der Waals surface area (Å²) in [5.41, 5.74) is 0.216. The summed E-state index contributed by atoms with van der Waals surface area (Å²) in [4.78, 5) is 25.4. The van der Waals surface area contributed by atoms with Gasteiger partial charge in [-0.3, -0.25) is 9.80 Å². The molecule has 0 aromatic heterocycles. The number of nitrogens with zero attached hydrogens (tertiary/aromatic N) is 2. The Morgan fingerprint density at radius 2 is 2.00 bits per heavy atom. The predicted molar refractivity (Wildman–Crippen MR) is 94.0 cm³/mol. The molecule has 1 aromatic rings. The van der Waals surface area contributed by atoms with Crippen molar-refractivity contribution in [1.29, 1.82) is 0 Å². The van der Waals surface area contributed by atoms with Gasteiger partial charge in [0.15, 0.2) is 0 Å². The summed E-state index contributed by atoms with van der Waals surface area (Å²) in [5.74, 6) is -0.725. The van der Waals surface area contributed by atoms with Gasteiger partial charge >= 0.3 is 18.4 Å². The number of amides is 2. The van der Waals surface area contributed by atoms with Crippen LogP contribution in [0.25, 0.3) is 0 Å². The Morgan fingerprint density at radius 1 is 1.25 bits per heavy atom. The van der Waals surface area contributed by atoms with E-state index < -0.39 is 41.7 Å². The number of carbonyl (C=O) groups excluding carboxylic acids is 2. The van der Waals surface area contributed by atoms with E-state index >= 15 is 0 Å². The highest BCUT2D eigenvalue weighted by molar-refractivity contribution is 7.80. The number of rotatable bonds is 5. The first kappa shape index (κ1) is 20.1. The van der Waals surface area contributed by atoms with E-state index in [-0.39, 0.29) is 37.6 Å². The number of carbonyl (C=O) groups is 2. The van der Waals surface area contributed by atoms with E-state index in [1.165, 1.54) is 12.1 Å². The number of anilines is 2. The van der Waals surface area contributed by atoms with Gasteiger partial charge < -0.3 is 14.8 Å². The Labute approximate surface area is 162 Å². The molecule has 0 bridgehead atoms. The first-order chi connectivity index (χ1) is 13.1. The number of nitrogens with one attached hydrogen (secondary N) is 1. The molecule has 12 heteroatoms. The molecule has 2 heterocycles. The van der Waals surface area contributed by atoms with Gasteiger partial charge in [0.2, 0.25) is 0 Å². The van der Waals surface area contributed by atoms with E-state index in [1.807, 2.05) is 0 Å². The third-order valence-electron chi connectivity index (χ3n) is 4.06. The number of hydrogen-bond acceptors (Lipinski definition) is 5. The highest BCUT2D eigenvalue weighted by atomic mass is 32.1. The Hall–Kier alpha value is -2.63. The maximum Gasteiger partial charge on any atom is 0.414 e. The molecule has 0 spiro atoms. The lowest BCUT2D eigenvalue weighted by atomic mass is 10.2. The van der Waals surface area contributed by atoms with Crippen molar-refractivity contribution in [3.05, 3.63) is 24.0 Å². The van der Waals surface area contributed by atoms with E-state index in [2.05, 4.69) is 17.5 Å². The summed E-state index contributed by atoms with van der Waals surface area (Å²) in [7, 11) is 0. The monoisotopic (exact) mass is 421 g/mol. The minimum absolute atomic E-state index is 0.00497. The molecule has 2 amide bonds. The van der Waals surface area contributed by atoms with E-state index in [0.717, 1.165) is 15.9 Å². The molecule has 1 aromatic carbocycles. The highest BCUT2D eigenvalue weighted by Gasteiger charge is 2.34. The molecule has 3 rings (SSSR count). The van der Waals surface area contributed by atoms with Crippen molar-refractivity contribution in [2.45, 2.75) is 18.7 Å². The predicted octanol–water partition coefficient (Wildman–Crippen LogP) is 2.98. The molecule has 1 atom stereocenters. The first-order valence-corrected chi connectivity index (χ1v) is 8.60. The fraction of sp³-hybridized carbons (Fsp3) is 0.438. The van der Waals surface area contributed by atoms with E-state index in [0.29, 0.717) is 0 Å². The van der Waals surface area contributed by atoms with Gasteiger partial charge in [0, 0.05) is 0 Å². The second-order valence-electron chi connectivity index (χ2n) is 6.11. The van der Waals surface area contributed by atoms with Crippen molar-refractivity contribution < 1.29 is 36.6 Å². The van der Waals surface area contributed by atoms with Gasteiger partial charge in [-0.05, 0) is 18.2 Å². The zero-order chi connectivity index (χ0) is 20.5. The number of halogens is 4. The number of thiocarbonyl (C=S) groups is 1. The van der Waals surface area contributed by atoms with Crippen LogP contribution in [0.5, 0.6) is 0 Å². The number of benzene rings is 1. The largest absolute Gasteiger partial charge is 0.447 e. The molecule has 28 heavy (non-hydrogen) atoms. The molecule has 2 fully saturated rings. The maximum absolute atomic E-state index is 14.4. The minimum Gasteiger partial charge on any atom is -0.447 e.